The Labute approximate surface area is 174 Å². The molecule has 0 aliphatic carbocycles. The van der Waals surface area contributed by atoms with E-state index in [0.717, 1.165) is 44.0 Å². The molecule has 5 rings (SSSR count). The Morgan fingerprint density at radius 2 is 1.27 bits per heavy atom. The van der Waals surface area contributed by atoms with Crippen molar-refractivity contribution in [2.24, 2.45) is 0 Å². The number of aliphatic hydroxyl groups excluding tert-OH is 1. The van der Waals surface area contributed by atoms with Gasteiger partial charge in [-0.15, -0.1) is 0 Å². The first kappa shape index (κ1) is 18.2. The number of benzene rings is 5. The Morgan fingerprint density at radius 1 is 0.633 bits per heavy atom. The Balaban J connectivity index is 1.89. The molecular formula is C27H21NO2. The van der Waals surface area contributed by atoms with Gasteiger partial charge in [-0.25, -0.2) is 0 Å². The third-order valence-corrected chi connectivity index (χ3v) is 5.50. The van der Waals surface area contributed by atoms with Crippen molar-refractivity contribution in [2.45, 2.75) is 6.61 Å². The second kappa shape index (κ2) is 7.54. The Kier molecular flexibility index (Phi) is 4.58. The summed E-state index contributed by atoms with van der Waals surface area (Å²) in [4.78, 5) is 0. The Hall–Kier alpha value is -3.82. The standard InChI is InChI=1S/C27H21NO2/c29-17-20-16-19-9-5-7-13-23(19)26(27(20)30)25-22-12-6-4-8-18(22)14-15-24(25)28-21-10-2-1-3-11-21/h1-16,28-30H,17H2. The van der Waals surface area contributed by atoms with Crippen molar-refractivity contribution in [1.82, 2.24) is 0 Å². The van der Waals surface area contributed by atoms with Crippen LogP contribution in [0, 0.1) is 0 Å². The fourth-order valence-corrected chi connectivity index (χ4v) is 4.09. The van der Waals surface area contributed by atoms with Gasteiger partial charge in [0.1, 0.15) is 5.75 Å². The van der Waals surface area contributed by atoms with Gasteiger partial charge in [0.15, 0.2) is 0 Å². The zero-order valence-corrected chi connectivity index (χ0v) is 16.3. The van der Waals surface area contributed by atoms with E-state index in [4.69, 9.17) is 0 Å². The first-order chi connectivity index (χ1) is 14.8. The number of hydrogen-bond acceptors (Lipinski definition) is 3. The number of nitrogens with one attached hydrogen (secondary N) is 1. The molecule has 30 heavy (non-hydrogen) atoms. The maximum atomic E-state index is 11.2. The van der Waals surface area contributed by atoms with Crippen LogP contribution in [0.25, 0.3) is 32.7 Å². The predicted octanol–water partition coefficient (Wildman–Crippen LogP) is 6.60. The van der Waals surface area contributed by atoms with Crippen LogP contribution in [-0.2, 0) is 6.61 Å². The molecule has 0 bridgehead atoms. The zero-order chi connectivity index (χ0) is 20.5. The summed E-state index contributed by atoms with van der Waals surface area (Å²) in [6, 6.07) is 32.1. The van der Waals surface area contributed by atoms with E-state index in [9.17, 15) is 10.2 Å². The number of fused-ring (bicyclic) bond motifs is 2. The minimum absolute atomic E-state index is 0.115. The van der Waals surface area contributed by atoms with Gasteiger partial charge < -0.3 is 15.5 Å². The number of para-hydroxylation sites is 1. The summed E-state index contributed by atoms with van der Waals surface area (Å²) >= 11 is 0. The molecule has 0 aromatic heterocycles. The lowest BCUT2D eigenvalue weighted by atomic mass is 9.90. The molecule has 5 aromatic carbocycles. The summed E-state index contributed by atoms with van der Waals surface area (Å²) in [6.07, 6.45) is 0. The summed E-state index contributed by atoms with van der Waals surface area (Å²) < 4.78 is 0. The van der Waals surface area contributed by atoms with E-state index in [-0.39, 0.29) is 12.4 Å². The van der Waals surface area contributed by atoms with Crippen LogP contribution in [0.1, 0.15) is 5.56 Å². The normalized spacial score (nSPS) is 11.1. The average Bonchev–Trinajstić information content (AvgIpc) is 2.80. The van der Waals surface area contributed by atoms with Crippen LogP contribution < -0.4 is 5.32 Å². The lowest BCUT2D eigenvalue weighted by molar-refractivity contribution is 0.276. The second-order valence-electron chi connectivity index (χ2n) is 7.34. The van der Waals surface area contributed by atoms with Gasteiger partial charge in [0.05, 0.1) is 6.61 Å². The van der Waals surface area contributed by atoms with Gasteiger partial charge in [-0.2, -0.15) is 0 Å². The SMILES string of the molecule is OCc1cc2ccccc2c(-c2c(Nc3ccccc3)ccc3ccccc23)c1O. The molecule has 3 N–H and O–H groups in total. The molecule has 5 aromatic rings. The van der Waals surface area contributed by atoms with Crippen molar-refractivity contribution in [3.8, 4) is 16.9 Å². The smallest absolute Gasteiger partial charge is 0.129 e. The van der Waals surface area contributed by atoms with Crippen molar-refractivity contribution in [1.29, 1.82) is 0 Å². The lowest BCUT2D eigenvalue weighted by Gasteiger charge is -2.19. The Morgan fingerprint density at radius 3 is 2.00 bits per heavy atom. The number of anilines is 2. The molecule has 146 valence electrons. The third-order valence-electron chi connectivity index (χ3n) is 5.50. The minimum Gasteiger partial charge on any atom is -0.507 e. The van der Waals surface area contributed by atoms with Crippen LogP contribution in [-0.4, -0.2) is 10.2 Å². The van der Waals surface area contributed by atoms with Crippen molar-refractivity contribution >= 4 is 32.9 Å². The van der Waals surface area contributed by atoms with E-state index in [0.29, 0.717) is 5.56 Å². The highest BCUT2D eigenvalue weighted by Gasteiger charge is 2.19. The molecule has 0 fully saturated rings. The van der Waals surface area contributed by atoms with Crippen molar-refractivity contribution in [2.75, 3.05) is 5.32 Å². The van der Waals surface area contributed by atoms with Crippen LogP contribution in [0.5, 0.6) is 5.75 Å². The van der Waals surface area contributed by atoms with E-state index in [1.54, 1.807) is 0 Å². The van der Waals surface area contributed by atoms with Gasteiger partial charge in [0.2, 0.25) is 0 Å². The molecule has 0 unspecified atom stereocenters. The van der Waals surface area contributed by atoms with E-state index >= 15 is 0 Å². The van der Waals surface area contributed by atoms with Crippen LogP contribution in [0.3, 0.4) is 0 Å². The van der Waals surface area contributed by atoms with E-state index in [1.165, 1.54) is 0 Å². The molecule has 0 aliphatic heterocycles. The summed E-state index contributed by atoms with van der Waals surface area (Å²) in [7, 11) is 0. The largest absolute Gasteiger partial charge is 0.507 e. The van der Waals surface area contributed by atoms with E-state index in [1.807, 2.05) is 78.9 Å². The number of aliphatic hydroxyl groups is 1. The maximum absolute atomic E-state index is 11.2. The highest BCUT2D eigenvalue weighted by molar-refractivity contribution is 6.12. The third kappa shape index (κ3) is 3.06. The molecule has 3 nitrogen and oxygen atoms in total. The number of aromatic hydroxyl groups is 1. The predicted molar refractivity (Wildman–Crippen MR) is 124 cm³/mol. The van der Waals surface area contributed by atoms with Crippen molar-refractivity contribution in [3.63, 3.8) is 0 Å². The summed E-state index contributed by atoms with van der Waals surface area (Å²) in [5.74, 6) is 0.115. The van der Waals surface area contributed by atoms with Crippen LogP contribution in [0.2, 0.25) is 0 Å². The topological polar surface area (TPSA) is 52.5 Å². The fraction of sp³-hybridized carbons (Fsp3) is 0.0370. The zero-order valence-electron chi connectivity index (χ0n) is 16.3. The summed E-state index contributed by atoms with van der Waals surface area (Å²) in [5.41, 5.74) is 4.03. The van der Waals surface area contributed by atoms with Crippen molar-refractivity contribution < 1.29 is 10.2 Å². The molecule has 0 atom stereocenters. The molecule has 0 radical (unpaired) electrons. The van der Waals surface area contributed by atoms with Gasteiger partial charge in [-0.1, -0.05) is 72.8 Å². The quantitative estimate of drug-likeness (QED) is 0.323. The van der Waals surface area contributed by atoms with Crippen LogP contribution >= 0.6 is 0 Å². The number of hydrogen-bond donors (Lipinski definition) is 3. The minimum atomic E-state index is -0.226. The summed E-state index contributed by atoms with van der Waals surface area (Å²) in [5, 5.41) is 28.7. The molecule has 3 heteroatoms. The Bertz CT molecular complexity index is 1360. The fourth-order valence-electron chi connectivity index (χ4n) is 4.09. The number of rotatable bonds is 4. The molecule has 0 aliphatic rings. The lowest BCUT2D eigenvalue weighted by Crippen LogP contribution is -1.97. The maximum Gasteiger partial charge on any atom is 0.129 e. The van der Waals surface area contributed by atoms with Crippen LogP contribution in [0.15, 0.2) is 97.1 Å². The van der Waals surface area contributed by atoms with Gasteiger partial charge in [0, 0.05) is 28.1 Å². The van der Waals surface area contributed by atoms with Gasteiger partial charge in [-0.05, 0) is 45.8 Å². The molecule has 0 saturated heterocycles. The molecule has 0 spiro atoms. The first-order valence-electron chi connectivity index (χ1n) is 9.95. The van der Waals surface area contributed by atoms with Gasteiger partial charge >= 0.3 is 0 Å². The molecule has 0 saturated carbocycles. The van der Waals surface area contributed by atoms with E-state index < -0.39 is 0 Å². The van der Waals surface area contributed by atoms with Gasteiger partial charge in [0.25, 0.3) is 0 Å². The highest BCUT2D eigenvalue weighted by Crippen LogP contribution is 2.46. The van der Waals surface area contributed by atoms with E-state index in [2.05, 4.69) is 23.5 Å². The average molecular weight is 391 g/mol. The monoisotopic (exact) mass is 391 g/mol. The molecule has 0 amide bonds. The van der Waals surface area contributed by atoms with Gasteiger partial charge in [-0.3, -0.25) is 0 Å². The first-order valence-corrected chi connectivity index (χ1v) is 9.95. The number of phenols is 1. The molecular weight excluding hydrogens is 370 g/mol. The second-order valence-corrected chi connectivity index (χ2v) is 7.34. The van der Waals surface area contributed by atoms with Crippen molar-refractivity contribution in [3.05, 3.63) is 103 Å². The highest BCUT2D eigenvalue weighted by atomic mass is 16.3. The van der Waals surface area contributed by atoms with Crippen LogP contribution in [0.4, 0.5) is 11.4 Å². The summed E-state index contributed by atoms with van der Waals surface area (Å²) in [6.45, 7) is -0.226. The molecule has 0 heterocycles.